The van der Waals surface area contributed by atoms with Gasteiger partial charge in [-0.25, -0.2) is 4.79 Å². The van der Waals surface area contributed by atoms with Crippen molar-refractivity contribution in [3.8, 4) is 0 Å². The van der Waals surface area contributed by atoms with E-state index in [1.807, 2.05) is 13.8 Å². The van der Waals surface area contributed by atoms with Gasteiger partial charge in [0.15, 0.2) is 6.10 Å². The number of ether oxygens (including phenoxy) is 1. The van der Waals surface area contributed by atoms with Crippen LogP contribution >= 0.6 is 11.6 Å². The lowest BCUT2D eigenvalue weighted by Gasteiger charge is -2.15. The van der Waals surface area contributed by atoms with Crippen molar-refractivity contribution in [3.05, 3.63) is 28.8 Å². The Bertz CT molecular complexity index is 503. The number of halogens is 1. The van der Waals surface area contributed by atoms with Crippen LogP contribution in [0.5, 0.6) is 0 Å². The molecule has 5 nitrogen and oxygen atoms in total. The molecule has 0 spiro atoms. The Labute approximate surface area is 123 Å². The highest BCUT2D eigenvalue weighted by Gasteiger charge is 2.20. The number of esters is 1. The van der Waals surface area contributed by atoms with Crippen LogP contribution in [0, 0.1) is 5.92 Å². The lowest BCUT2D eigenvalue weighted by molar-refractivity contribution is -0.129. The molecule has 6 heteroatoms. The summed E-state index contributed by atoms with van der Waals surface area (Å²) < 4.78 is 5.07. The number of hydrogen-bond donors (Lipinski definition) is 2. The molecule has 0 saturated heterocycles. The van der Waals surface area contributed by atoms with Crippen LogP contribution < -0.4 is 11.1 Å². The van der Waals surface area contributed by atoms with Gasteiger partial charge in [0.2, 0.25) is 0 Å². The predicted octanol–water partition coefficient (Wildman–Crippen LogP) is 2.24. The molecule has 20 heavy (non-hydrogen) atoms. The second-order valence-electron chi connectivity index (χ2n) is 4.93. The van der Waals surface area contributed by atoms with Gasteiger partial charge in [-0.05, 0) is 31.0 Å². The third-order valence-electron chi connectivity index (χ3n) is 2.55. The molecule has 0 heterocycles. The lowest BCUT2D eigenvalue weighted by atomic mass is 10.2. The van der Waals surface area contributed by atoms with E-state index in [9.17, 15) is 9.59 Å². The van der Waals surface area contributed by atoms with E-state index >= 15 is 0 Å². The Hall–Kier alpha value is -1.75. The molecule has 0 aliphatic carbocycles. The summed E-state index contributed by atoms with van der Waals surface area (Å²) in [4.78, 5) is 23.6. The Morgan fingerprint density at radius 1 is 1.35 bits per heavy atom. The largest absolute Gasteiger partial charge is 0.449 e. The molecule has 1 rings (SSSR count). The van der Waals surface area contributed by atoms with Crippen LogP contribution in [-0.2, 0) is 9.53 Å². The van der Waals surface area contributed by atoms with Gasteiger partial charge in [-0.2, -0.15) is 0 Å². The number of nitrogens with one attached hydrogen (secondary N) is 1. The number of nitrogens with two attached hydrogens (primary N) is 1. The molecule has 1 unspecified atom stereocenters. The normalized spacial score (nSPS) is 12.1. The maximum Gasteiger partial charge on any atom is 0.340 e. The van der Waals surface area contributed by atoms with Crippen LogP contribution in [0.4, 0.5) is 5.69 Å². The molecular weight excluding hydrogens is 280 g/mol. The van der Waals surface area contributed by atoms with E-state index in [4.69, 9.17) is 22.1 Å². The van der Waals surface area contributed by atoms with Gasteiger partial charge in [0, 0.05) is 12.2 Å². The first-order valence-corrected chi connectivity index (χ1v) is 6.72. The van der Waals surface area contributed by atoms with Gasteiger partial charge in [0.1, 0.15) is 0 Å². The van der Waals surface area contributed by atoms with E-state index in [0.29, 0.717) is 18.2 Å². The number of carbonyl (C=O) groups excluding carboxylic acids is 2. The zero-order valence-electron chi connectivity index (χ0n) is 11.8. The van der Waals surface area contributed by atoms with Crippen molar-refractivity contribution in [3.63, 3.8) is 0 Å². The highest BCUT2D eigenvalue weighted by atomic mass is 35.5. The number of anilines is 1. The number of rotatable bonds is 5. The zero-order chi connectivity index (χ0) is 15.3. The molecule has 0 fully saturated rings. The molecule has 0 bridgehead atoms. The van der Waals surface area contributed by atoms with Gasteiger partial charge in [-0.3, -0.25) is 4.79 Å². The first-order chi connectivity index (χ1) is 9.31. The molecule has 110 valence electrons. The Kier molecular flexibility index (Phi) is 5.82. The summed E-state index contributed by atoms with van der Waals surface area (Å²) >= 11 is 5.91. The van der Waals surface area contributed by atoms with E-state index in [-0.39, 0.29) is 16.5 Å². The van der Waals surface area contributed by atoms with E-state index < -0.39 is 12.1 Å². The maximum atomic E-state index is 11.9. The standard InChI is InChI=1S/C14H19ClN2O3/c1-8(2)7-17-13(18)9(3)20-14(19)11-5-4-10(16)6-12(11)15/h4-6,8-9H,7,16H2,1-3H3,(H,17,18). The fourth-order valence-corrected chi connectivity index (χ4v) is 1.69. The molecule has 1 aromatic carbocycles. The van der Waals surface area contributed by atoms with Crippen molar-refractivity contribution in [2.75, 3.05) is 12.3 Å². The zero-order valence-corrected chi connectivity index (χ0v) is 12.5. The number of carbonyl (C=O) groups is 2. The molecular formula is C14H19ClN2O3. The van der Waals surface area contributed by atoms with Crippen LogP contribution in [0.3, 0.4) is 0 Å². The summed E-state index contributed by atoms with van der Waals surface area (Å²) in [5, 5.41) is 2.89. The average Bonchev–Trinajstić information content (AvgIpc) is 2.35. The van der Waals surface area contributed by atoms with Crippen LogP contribution in [0.25, 0.3) is 0 Å². The molecule has 0 saturated carbocycles. The topological polar surface area (TPSA) is 81.4 Å². The van der Waals surface area contributed by atoms with Crippen molar-refractivity contribution in [2.24, 2.45) is 5.92 Å². The average molecular weight is 299 g/mol. The van der Waals surface area contributed by atoms with E-state index in [0.717, 1.165) is 0 Å². The van der Waals surface area contributed by atoms with Crippen molar-refractivity contribution in [2.45, 2.75) is 26.9 Å². The van der Waals surface area contributed by atoms with Crippen molar-refractivity contribution < 1.29 is 14.3 Å². The number of hydrogen-bond acceptors (Lipinski definition) is 4. The minimum Gasteiger partial charge on any atom is -0.449 e. The lowest BCUT2D eigenvalue weighted by Crippen LogP contribution is -2.37. The molecule has 3 N–H and O–H groups in total. The Balaban J connectivity index is 2.63. The van der Waals surface area contributed by atoms with E-state index in [1.54, 1.807) is 6.07 Å². The summed E-state index contributed by atoms with van der Waals surface area (Å²) in [5.41, 5.74) is 6.18. The van der Waals surface area contributed by atoms with Crippen LogP contribution in [-0.4, -0.2) is 24.5 Å². The fraction of sp³-hybridized carbons (Fsp3) is 0.429. The quantitative estimate of drug-likeness (QED) is 0.645. The molecule has 1 atom stereocenters. The Morgan fingerprint density at radius 2 is 2.00 bits per heavy atom. The van der Waals surface area contributed by atoms with E-state index in [2.05, 4.69) is 5.32 Å². The summed E-state index contributed by atoms with van der Waals surface area (Å²) in [7, 11) is 0. The maximum absolute atomic E-state index is 11.9. The summed E-state index contributed by atoms with van der Waals surface area (Å²) in [6, 6.07) is 4.48. The monoisotopic (exact) mass is 298 g/mol. The highest BCUT2D eigenvalue weighted by Crippen LogP contribution is 2.20. The first-order valence-electron chi connectivity index (χ1n) is 6.35. The number of benzene rings is 1. The number of nitrogen functional groups attached to an aromatic ring is 1. The van der Waals surface area contributed by atoms with Gasteiger partial charge in [-0.1, -0.05) is 25.4 Å². The van der Waals surface area contributed by atoms with Crippen LogP contribution in [0.2, 0.25) is 5.02 Å². The molecule has 1 amide bonds. The van der Waals surface area contributed by atoms with Crippen molar-refractivity contribution in [1.29, 1.82) is 0 Å². The van der Waals surface area contributed by atoms with Gasteiger partial charge >= 0.3 is 5.97 Å². The summed E-state index contributed by atoms with van der Waals surface area (Å²) in [5.74, 6) is -0.658. The van der Waals surface area contributed by atoms with Gasteiger partial charge in [0.05, 0.1) is 10.6 Å². The van der Waals surface area contributed by atoms with Crippen LogP contribution in [0.15, 0.2) is 18.2 Å². The van der Waals surface area contributed by atoms with Crippen molar-refractivity contribution >= 4 is 29.2 Å². The number of amides is 1. The molecule has 0 radical (unpaired) electrons. The minimum atomic E-state index is -0.880. The highest BCUT2D eigenvalue weighted by molar-refractivity contribution is 6.33. The third-order valence-corrected chi connectivity index (χ3v) is 2.86. The molecule has 0 aliphatic rings. The first kappa shape index (κ1) is 16.3. The Morgan fingerprint density at radius 3 is 2.55 bits per heavy atom. The third kappa shape index (κ3) is 4.74. The van der Waals surface area contributed by atoms with Gasteiger partial charge < -0.3 is 15.8 Å². The SMILES string of the molecule is CC(C)CNC(=O)C(C)OC(=O)c1ccc(N)cc1Cl. The van der Waals surface area contributed by atoms with Crippen molar-refractivity contribution in [1.82, 2.24) is 5.32 Å². The second-order valence-corrected chi connectivity index (χ2v) is 5.33. The summed E-state index contributed by atoms with van der Waals surface area (Å²) in [6.07, 6.45) is -0.880. The smallest absolute Gasteiger partial charge is 0.340 e. The van der Waals surface area contributed by atoms with Crippen LogP contribution in [0.1, 0.15) is 31.1 Å². The van der Waals surface area contributed by atoms with Gasteiger partial charge in [-0.15, -0.1) is 0 Å². The molecule has 1 aromatic rings. The molecule has 0 aromatic heterocycles. The second kappa shape index (κ2) is 7.14. The molecule has 0 aliphatic heterocycles. The predicted molar refractivity (Wildman–Crippen MR) is 78.6 cm³/mol. The minimum absolute atomic E-state index is 0.185. The van der Waals surface area contributed by atoms with Gasteiger partial charge in [0.25, 0.3) is 5.91 Å². The fourth-order valence-electron chi connectivity index (χ4n) is 1.42. The summed E-state index contributed by atoms with van der Waals surface area (Å²) in [6.45, 7) is 6.00. The van der Waals surface area contributed by atoms with E-state index in [1.165, 1.54) is 19.1 Å².